The molecule has 0 amide bonds. The van der Waals surface area contributed by atoms with Crippen LogP contribution in [0.3, 0.4) is 0 Å². The van der Waals surface area contributed by atoms with Gasteiger partial charge in [0, 0.05) is 21.9 Å². The maximum atomic E-state index is 5.65. The summed E-state index contributed by atoms with van der Waals surface area (Å²) in [6.07, 6.45) is 1.73. The van der Waals surface area contributed by atoms with Gasteiger partial charge in [-0.1, -0.05) is 30.3 Å². The van der Waals surface area contributed by atoms with Gasteiger partial charge in [-0.05, 0) is 23.6 Å². The summed E-state index contributed by atoms with van der Waals surface area (Å²) in [7, 11) is 0. The van der Waals surface area contributed by atoms with Crippen LogP contribution in [-0.2, 0) is 6.54 Å². The van der Waals surface area contributed by atoms with Gasteiger partial charge in [0.1, 0.15) is 17.2 Å². The minimum Gasteiger partial charge on any atom is -0.463 e. The van der Waals surface area contributed by atoms with Gasteiger partial charge in [-0.3, -0.25) is 0 Å². The van der Waals surface area contributed by atoms with Crippen molar-refractivity contribution in [1.82, 2.24) is 4.98 Å². The highest BCUT2D eigenvalue weighted by Gasteiger charge is 2.20. The predicted molar refractivity (Wildman–Crippen MR) is 98.0 cm³/mol. The second kappa shape index (κ2) is 7.13. The predicted octanol–water partition coefficient (Wildman–Crippen LogP) is 4.32. The summed E-state index contributed by atoms with van der Waals surface area (Å²) in [5.74, 6) is 0.967. The summed E-state index contributed by atoms with van der Waals surface area (Å²) in [5.41, 5.74) is 3.55. The third-order valence-electron chi connectivity index (χ3n) is 3.89. The van der Waals surface area contributed by atoms with Gasteiger partial charge < -0.3 is 9.73 Å². The maximum absolute atomic E-state index is 5.65. The first kappa shape index (κ1) is 15.3. The largest absolute Gasteiger partial charge is 0.463 e. The topological polar surface area (TPSA) is 42.6 Å². The number of thiazole rings is 1. The quantitative estimate of drug-likeness (QED) is 0.561. The van der Waals surface area contributed by atoms with Crippen LogP contribution in [0.15, 0.2) is 75.4 Å². The molecule has 3 heterocycles. The van der Waals surface area contributed by atoms with E-state index in [0.717, 1.165) is 23.0 Å². The highest BCUT2D eigenvalue weighted by Crippen LogP contribution is 2.25. The molecular weight excluding hydrogens is 336 g/mol. The fraction of sp³-hybridized carbons (Fsp3) is 0.105. The third-order valence-corrected chi connectivity index (χ3v) is 5.51. The van der Waals surface area contributed by atoms with Crippen molar-refractivity contribution in [2.45, 2.75) is 12.6 Å². The number of nitrogens with two attached hydrogens (primary N) is 1. The smallest absolute Gasteiger partial charge is 0.170 e. The molecule has 0 spiro atoms. The van der Waals surface area contributed by atoms with Crippen molar-refractivity contribution in [3.8, 4) is 10.6 Å². The van der Waals surface area contributed by atoms with Crippen LogP contribution in [0.4, 0.5) is 0 Å². The van der Waals surface area contributed by atoms with Crippen LogP contribution in [0, 0.1) is 0 Å². The zero-order chi connectivity index (χ0) is 16.2. The second-order valence-electron chi connectivity index (χ2n) is 5.50. The van der Waals surface area contributed by atoms with E-state index in [2.05, 4.69) is 51.8 Å². The van der Waals surface area contributed by atoms with Gasteiger partial charge in [-0.15, -0.1) is 11.3 Å². The van der Waals surface area contributed by atoms with E-state index in [4.69, 9.17) is 9.40 Å². The minimum absolute atomic E-state index is 0.146. The molecule has 0 aliphatic carbocycles. The zero-order valence-corrected chi connectivity index (χ0v) is 14.6. The first-order valence-electron chi connectivity index (χ1n) is 7.79. The number of rotatable bonds is 6. The Labute approximate surface area is 148 Å². The summed E-state index contributed by atoms with van der Waals surface area (Å²) in [4.78, 5) is 4.76. The molecule has 0 aliphatic rings. The fourth-order valence-corrected chi connectivity index (χ4v) is 4.25. The molecule has 0 saturated carbocycles. The lowest BCUT2D eigenvalue weighted by molar-refractivity contribution is -0.704. The summed E-state index contributed by atoms with van der Waals surface area (Å²) >= 11 is 3.41. The van der Waals surface area contributed by atoms with Crippen LogP contribution in [-0.4, -0.2) is 4.98 Å². The Morgan fingerprint density at radius 1 is 1.04 bits per heavy atom. The van der Waals surface area contributed by atoms with Crippen LogP contribution in [0.1, 0.15) is 23.1 Å². The Hall–Kier alpha value is -2.21. The van der Waals surface area contributed by atoms with Gasteiger partial charge in [0.25, 0.3) is 0 Å². The summed E-state index contributed by atoms with van der Waals surface area (Å²) in [6.45, 7) is 0.820. The lowest BCUT2D eigenvalue weighted by Crippen LogP contribution is -2.83. The van der Waals surface area contributed by atoms with Gasteiger partial charge in [0.15, 0.2) is 11.8 Å². The number of hydrogen-bond donors (Lipinski definition) is 1. The highest BCUT2D eigenvalue weighted by atomic mass is 32.1. The average Bonchev–Trinajstić information content (AvgIpc) is 3.38. The number of nitrogens with zero attached hydrogens (tertiary/aromatic N) is 1. The lowest BCUT2D eigenvalue weighted by Gasteiger charge is -2.13. The Morgan fingerprint density at radius 2 is 1.96 bits per heavy atom. The molecule has 0 fully saturated rings. The van der Waals surface area contributed by atoms with Crippen LogP contribution in [0.5, 0.6) is 0 Å². The average molecular weight is 353 g/mol. The van der Waals surface area contributed by atoms with Crippen LogP contribution < -0.4 is 5.32 Å². The zero-order valence-electron chi connectivity index (χ0n) is 13.0. The number of furan rings is 1. The van der Waals surface area contributed by atoms with E-state index in [0.29, 0.717) is 0 Å². The molecule has 1 atom stereocenters. The van der Waals surface area contributed by atoms with Crippen molar-refractivity contribution < 1.29 is 9.73 Å². The van der Waals surface area contributed by atoms with Gasteiger partial charge in [-0.2, -0.15) is 11.3 Å². The van der Waals surface area contributed by atoms with E-state index in [1.807, 2.05) is 18.2 Å². The standard InChI is InChI=1S/C19H16N2OS2/c1-2-5-14(6-3-1)18(17-7-4-9-22-17)20-11-16-13-24-19(21-16)15-8-10-23-12-15/h1-10,12-13,18,20H,11H2/p+1/t18-/m0/s1. The molecular formula is C19H17N2OS2+. The van der Waals surface area contributed by atoms with E-state index in [-0.39, 0.29) is 6.04 Å². The number of quaternary nitrogens is 1. The van der Waals surface area contributed by atoms with Crippen LogP contribution in [0.25, 0.3) is 10.6 Å². The highest BCUT2D eigenvalue weighted by molar-refractivity contribution is 7.14. The Morgan fingerprint density at radius 3 is 2.71 bits per heavy atom. The van der Waals surface area contributed by atoms with Crippen LogP contribution in [0.2, 0.25) is 0 Å². The molecule has 0 bridgehead atoms. The Kier molecular flexibility index (Phi) is 4.55. The SMILES string of the molecule is c1ccc([C@H]([NH2+]Cc2csc(-c3ccsc3)n2)c2ccco2)cc1. The van der Waals surface area contributed by atoms with Gasteiger partial charge in [0.2, 0.25) is 0 Å². The van der Waals surface area contributed by atoms with Crippen molar-refractivity contribution in [2.24, 2.45) is 0 Å². The monoisotopic (exact) mass is 353 g/mol. The first-order chi connectivity index (χ1) is 11.9. The minimum atomic E-state index is 0.146. The normalized spacial score (nSPS) is 12.3. The van der Waals surface area contributed by atoms with Gasteiger partial charge in [0.05, 0.1) is 6.26 Å². The molecule has 24 heavy (non-hydrogen) atoms. The first-order valence-corrected chi connectivity index (χ1v) is 9.61. The molecule has 3 aromatic heterocycles. The number of thiophene rings is 1. The number of aromatic nitrogens is 1. The summed E-state index contributed by atoms with van der Waals surface area (Å²) in [6, 6.07) is 16.7. The molecule has 0 saturated heterocycles. The molecule has 3 nitrogen and oxygen atoms in total. The van der Waals surface area contributed by atoms with Gasteiger partial charge in [-0.25, -0.2) is 4.98 Å². The molecule has 0 unspecified atom stereocenters. The Bertz CT molecular complexity index is 867. The van der Waals surface area contributed by atoms with Crippen molar-refractivity contribution >= 4 is 22.7 Å². The summed E-state index contributed by atoms with van der Waals surface area (Å²) < 4.78 is 5.65. The molecule has 120 valence electrons. The number of hydrogen-bond acceptors (Lipinski definition) is 4. The van der Waals surface area contributed by atoms with Crippen molar-refractivity contribution in [3.63, 3.8) is 0 Å². The van der Waals surface area contributed by atoms with E-state index in [1.165, 1.54) is 11.1 Å². The maximum Gasteiger partial charge on any atom is 0.170 e. The van der Waals surface area contributed by atoms with Crippen molar-refractivity contribution in [2.75, 3.05) is 0 Å². The molecule has 4 rings (SSSR count). The molecule has 4 aromatic rings. The van der Waals surface area contributed by atoms with E-state index in [9.17, 15) is 0 Å². The second-order valence-corrected chi connectivity index (χ2v) is 7.14. The number of benzene rings is 1. The molecule has 1 aromatic carbocycles. The molecule has 0 aliphatic heterocycles. The lowest BCUT2D eigenvalue weighted by atomic mass is 10.0. The summed E-state index contributed by atoms with van der Waals surface area (Å²) in [5, 5.41) is 9.75. The fourth-order valence-electron chi connectivity index (χ4n) is 2.70. The van der Waals surface area contributed by atoms with E-state index in [1.54, 1.807) is 28.9 Å². The molecule has 5 heteroatoms. The Balaban J connectivity index is 1.52. The van der Waals surface area contributed by atoms with E-state index < -0.39 is 0 Å². The van der Waals surface area contributed by atoms with Crippen molar-refractivity contribution in [1.29, 1.82) is 0 Å². The molecule has 0 radical (unpaired) electrons. The molecule has 2 N–H and O–H groups in total. The van der Waals surface area contributed by atoms with E-state index >= 15 is 0 Å². The van der Waals surface area contributed by atoms with Gasteiger partial charge >= 0.3 is 0 Å². The third kappa shape index (κ3) is 3.33. The van der Waals surface area contributed by atoms with Crippen LogP contribution >= 0.6 is 22.7 Å². The van der Waals surface area contributed by atoms with Crippen molar-refractivity contribution in [3.05, 3.63) is 88.0 Å².